The zero-order valence-electron chi connectivity index (χ0n) is 23.8. The number of Topliss-reactive ketones (excluding diaryl/α,β-unsaturated/α-hetero) is 1. The lowest BCUT2D eigenvalue weighted by molar-refractivity contribution is 0.101. The number of rotatable bonds is 7. The number of imidazole rings is 1. The van der Waals surface area contributed by atoms with Crippen molar-refractivity contribution in [2.24, 2.45) is 5.73 Å². The number of ketones is 1. The number of nitrogens with two attached hydrogens (primary N) is 1. The molecular formula is C30H41N9O2. The Morgan fingerprint density at radius 2 is 1.56 bits per heavy atom. The number of carbonyl (C=O) groups excluding carboxylic acids is 2. The highest BCUT2D eigenvalue weighted by Crippen LogP contribution is 2.34. The number of hydrogen-bond donors (Lipinski definition) is 4. The number of fused-ring (bicyclic) bond motifs is 1. The number of nitrogens with zero attached hydrogens (tertiary/aromatic N) is 5. The molecule has 11 nitrogen and oxygen atoms in total. The highest BCUT2D eigenvalue weighted by molar-refractivity contribution is 5.95. The van der Waals surface area contributed by atoms with Gasteiger partial charge in [-0.3, -0.25) is 4.79 Å². The maximum absolute atomic E-state index is 12.9. The standard InChI is InChI=1S/C30H41N9O2/c1-19(40)20-6-10-23(11-7-20)35-30(41)38-16-14-24(15-17-38)33-27-26-28(39(18-32-26)25-4-2-3-5-25)37-29(36-27)34-22-12-8-21(31)9-13-22/h6-7,10-11,18,21-22,24-25H,2-5,8-9,12-17,31H2,1H3,(H,35,41)(H2,33,34,36,37). The van der Waals surface area contributed by atoms with Crippen molar-refractivity contribution in [1.29, 1.82) is 0 Å². The molecule has 0 atom stereocenters. The second kappa shape index (κ2) is 12.0. The van der Waals surface area contributed by atoms with Crippen LogP contribution in [0.25, 0.3) is 11.2 Å². The minimum atomic E-state index is -0.127. The fourth-order valence-electron chi connectivity index (χ4n) is 6.39. The lowest BCUT2D eigenvalue weighted by atomic mass is 9.92. The Labute approximate surface area is 240 Å². The van der Waals surface area contributed by atoms with E-state index in [9.17, 15) is 9.59 Å². The SMILES string of the molecule is CC(=O)c1ccc(NC(=O)N2CCC(Nc3nc(NC4CCC(N)CC4)nc4c3ncn4C3CCCC3)CC2)cc1. The first-order valence-corrected chi connectivity index (χ1v) is 15.1. The van der Waals surface area contributed by atoms with Crippen molar-refractivity contribution in [3.8, 4) is 0 Å². The minimum absolute atomic E-state index is 0.00494. The van der Waals surface area contributed by atoms with Crippen LogP contribution in [0.5, 0.6) is 0 Å². The van der Waals surface area contributed by atoms with Crippen LogP contribution in [0.2, 0.25) is 0 Å². The van der Waals surface area contributed by atoms with E-state index in [2.05, 4.69) is 20.5 Å². The Morgan fingerprint density at radius 1 is 0.878 bits per heavy atom. The van der Waals surface area contributed by atoms with E-state index in [1.54, 1.807) is 24.3 Å². The summed E-state index contributed by atoms with van der Waals surface area (Å²) in [4.78, 5) is 40.9. The van der Waals surface area contributed by atoms with E-state index in [1.807, 2.05) is 11.2 Å². The molecule has 1 aromatic carbocycles. The molecule has 2 amide bonds. The number of hydrogen-bond acceptors (Lipinski definition) is 8. The van der Waals surface area contributed by atoms with Gasteiger partial charge in [0.15, 0.2) is 22.8 Å². The summed E-state index contributed by atoms with van der Waals surface area (Å²) in [6, 6.07) is 8.09. The van der Waals surface area contributed by atoms with Crippen molar-refractivity contribution in [1.82, 2.24) is 24.4 Å². The minimum Gasteiger partial charge on any atom is -0.365 e. The average molecular weight is 560 g/mol. The molecule has 0 bridgehead atoms. The molecule has 2 saturated carbocycles. The Kier molecular flexibility index (Phi) is 8.04. The van der Waals surface area contributed by atoms with Gasteiger partial charge in [-0.15, -0.1) is 0 Å². The number of anilines is 3. The van der Waals surface area contributed by atoms with Crippen LogP contribution in [0.1, 0.15) is 87.5 Å². The quantitative estimate of drug-likeness (QED) is 0.298. The molecule has 2 aliphatic carbocycles. The monoisotopic (exact) mass is 559 g/mol. The number of benzene rings is 1. The zero-order chi connectivity index (χ0) is 28.3. The summed E-state index contributed by atoms with van der Waals surface area (Å²) in [7, 11) is 0. The van der Waals surface area contributed by atoms with Crippen LogP contribution >= 0.6 is 0 Å². The van der Waals surface area contributed by atoms with E-state index < -0.39 is 0 Å². The molecule has 1 aliphatic heterocycles. The van der Waals surface area contributed by atoms with Gasteiger partial charge < -0.3 is 31.2 Å². The third-order valence-corrected chi connectivity index (χ3v) is 8.91. The molecule has 3 aromatic rings. The van der Waals surface area contributed by atoms with E-state index in [-0.39, 0.29) is 23.9 Å². The summed E-state index contributed by atoms with van der Waals surface area (Å²) in [5, 5.41) is 10.2. The molecule has 3 fully saturated rings. The summed E-state index contributed by atoms with van der Waals surface area (Å²) in [5.41, 5.74) is 9.13. The Balaban J connectivity index is 1.13. The van der Waals surface area contributed by atoms with Crippen LogP contribution in [0.15, 0.2) is 30.6 Å². The van der Waals surface area contributed by atoms with Crippen LogP contribution < -0.4 is 21.7 Å². The first kappa shape index (κ1) is 27.4. The summed E-state index contributed by atoms with van der Waals surface area (Å²) in [5.74, 6) is 1.41. The van der Waals surface area contributed by atoms with Gasteiger partial charge in [0.25, 0.3) is 0 Å². The fraction of sp³-hybridized carbons (Fsp3) is 0.567. The highest BCUT2D eigenvalue weighted by Gasteiger charge is 2.27. The topological polar surface area (TPSA) is 143 Å². The van der Waals surface area contributed by atoms with E-state index in [4.69, 9.17) is 20.7 Å². The second-order valence-corrected chi connectivity index (χ2v) is 11.9. The van der Waals surface area contributed by atoms with Crippen molar-refractivity contribution in [2.45, 2.75) is 95.3 Å². The largest absolute Gasteiger partial charge is 0.365 e. The number of likely N-dealkylation sites (tertiary alicyclic amines) is 1. The maximum Gasteiger partial charge on any atom is 0.321 e. The third kappa shape index (κ3) is 6.29. The van der Waals surface area contributed by atoms with Gasteiger partial charge in [0.1, 0.15) is 0 Å². The average Bonchev–Trinajstić information content (AvgIpc) is 3.65. The molecule has 218 valence electrons. The summed E-state index contributed by atoms with van der Waals surface area (Å²) < 4.78 is 2.24. The summed E-state index contributed by atoms with van der Waals surface area (Å²) in [6.45, 7) is 2.80. The second-order valence-electron chi connectivity index (χ2n) is 11.9. The van der Waals surface area contributed by atoms with Crippen molar-refractivity contribution in [3.05, 3.63) is 36.2 Å². The number of nitrogens with one attached hydrogen (secondary N) is 3. The van der Waals surface area contributed by atoms with Crippen LogP contribution in [0.3, 0.4) is 0 Å². The van der Waals surface area contributed by atoms with Gasteiger partial charge >= 0.3 is 6.03 Å². The lowest BCUT2D eigenvalue weighted by Crippen LogP contribution is -2.44. The van der Waals surface area contributed by atoms with Crippen molar-refractivity contribution >= 4 is 40.4 Å². The van der Waals surface area contributed by atoms with Gasteiger partial charge in [-0.2, -0.15) is 9.97 Å². The van der Waals surface area contributed by atoms with Crippen LogP contribution in [-0.4, -0.2) is 67.4 Å². The summed E-state index contributed by atoms with van der Waals surface area (Å²) in [6.07, 6.45) is 12.4. The van der Waals surface area contributed by atoms with E-state index in [0.29, 0.717) is 42.4 Å². The smallest absolute Gasteiger partial charge is 0.321 e. The molecule has 41 heavy (non-hydrogen) atoms. The molecule has 1 saturated heterocycles. The number of aromatic nitrogens is 4. The molecule has 3 aliphatic rings. The molecule has 0 spiro atoms. The van der Waals surface area contributed by atoms with Gasteiger partial charge in [0.05, 0.1) is 6.33 Å². The first-order valence-electron chi connectivity index (χ1n) is 15.1. The Morgan fingerprint density at radius 3 is 2.24 bits per heavy atom. The van der Waals surface area contributed by atoms with E-state index in [1.165, 1.54) is 19.8 Å². The van der Waals surface area contributed by atoms with Crippen LogP contribution in [0, 0.1) is 0 Å². The van der Waals surface area contributed by atoms with Gasteiger partial charge in [-0.1, -0.05) is 12.8 Å². The normalized spacial score (nSPS) is 22.1. The van der Waals surface area contributed by atoms with Gasteiger partial charge in [0, 0.05) is 48.5 Å². The molecule has 5 N–H and O–H groups in total. The van der Waals surface area contributed by atoms with E-state index >= 15 is 0 Å². The predicted octanol–water partition coefficient (Wildman–Crippen LogP) is 4.93. The van der Waals surface area contributed by atoms with Gasteiger partial charge in [-0.25, -0.2) is 9.78 Å². The summed E-state index contributed by atoms with van der Waals surface area (Å²) >= 11 is 0. The molecule has 11 heteroatoms. The van der Waals surface area contributed by atoms with Crippen molar-refractivity contribution < 1.29 is 9.59 Å². The molecule has 3 heterocycles. The molecule has 0 radical (unpaired) electrons. The maximum atomic E-state index is 12.9. The van der Waals surface area contributed by atoms with Crippen molar-refractivity contribution in [2.75, 3.05) is 29.0 Å². The predicted molar refractivity (Wildman–Crippen MR) is 160 cm³/mol. The highest BCUT2D eigenvalue weighted by atomic mass is 16.2. The van der Waals surface area contributed by atoms with Crippen LogP contribution in [0.4, 0.5) is 22.2 Å². The number of carbonyl (C=O) groups is 2. The lowest BCUT2D eigenvalue weighted by Gasteiger charge is -2.32. The first-order chi connectivity index (χ1) is 19.9. The fourth-order valence-corrected chi connectivity index (χ4v) is 6.39. The van der Waals surface area contributed by atoms with Gasteiger partial charge in [0.2, 0.25) is 5.95 Å². The number of piperidine rings is 1. The molecule has 2 aromatic heterocycles. The van der Waals surface area contributed by atoms with E-state index in [0.717, 1.165) is 68.3 Å². The Bertz CT molecular complexity index is 1370. The van der Waals surface area contributed by atoms with Gasteiger partial charge in [-0.05, 0) is 82.6 Å². The number of amides is 2. The van der Waals surface area contributed by atoms with Crippen LogP contribution in [-0.2, 0) is 0 Å². The number of urea groups is 1. The Hall–Kier alpha value is -3.73. The third-order valence-electron chi connectivity index (χ3n) is 8.91. The molecule has 0 unspecified atom stereocenters. The molecular weight excluding hydrogens is 518 g/mol. The molecule has 6 rings (SSSR count). The zero-order valence-corrected chi connectivity index (χ0v) is 23.8. The van der Waals surface area contributed by atoms with Crippen molar-refractivity contribution in [3.63, 3.8) is 0 Å².